The molecule has 0 fully saturated rings. The third-order valence-electron chi connectivity index (χ3n) is 6.74. The zero-order chi connectivity index (χ0) is 29.8. The third kappa shape index (κ3) is 12.4. The van der Waals surface area contributed by atoms with Crippen LogP contribution >= 0.6 is 0 Å². The van der Waals surface area contributed by atoms with Gasteiger partial charge in [0.25, 0.3) is 0 Å². The van der Waals surface area contributed by atoms with Gasteiger partial charge in [-0.25, -0.2) is 4.79 Å². The van der Waals surface area contributed by atoms with Crippen LogP contribution in [-0.4, -0.2) is 47.0 Å². The van der Waals surface area contributed by atoms with Crippen molar-refractivity contribution in [2.75, 3.05) is 6.54 Å². The molecular weight excluding hydrogens is 490 g/mol. The molecule has 7 nitrogen and oxygen atoms in total. The van der Waals surface area contributed by atoms with E-state index in [-0.39, 0.29) is 23.8 Å². The molecule has 0 saturated carbocycles. The number of alkyl carbamates (subject to hydrolysis) is 1. The molecule has 0 aliphatic carbocycles. The molecule has 1 aromatic rings. The van der Waals surface area contributed by atoms with Gasteiger partial charge in [0.2, 0.25) is 11.8 Å². The highest BCUT2D eigenvalue weighted by molar-refractivity contribution is 5.92. The largest absolute Gasteiger partial charge is 0.444 e. The summed E-state index contributed by atoms with van der Waals surface area (Å²) in [5.41, 5.74) is 2.16. The molecule has 39 heavy (non-hydrogen) atoms. The van der Waals surface area contributed by atoms with Crippen LogP contribution < -0.4 is 10.6 Å². The highest BCUT2D eigenvalue weighted by atomic mass is 16.6. The molecule has 0 aliphatic heterocycles. The molecule has 3 unspecified atom stereocenters. The maximum absolute atomic E-state index is 14.4. The Hall–Kier alpha value is -2.57. The fourth-order valence-electron chi connectivity index (χ4n) is 4.73. The van der Waals surface area contributed by atoms with Gasteiger partial charge in [0, 0.05) is 12.6 Å². The second kappa shape index (κ2) is 16.5. The van der Waals surface area contributed by atoms with E-state index in [0.29, 0.717) is 13.0 Å². The van der Waals surface area contributed by atoms with Gasteiger partial charge < -0.3 is 20.3 Å². The fraction of sp³-hybridized carbons (Fsp3) is 0.719. The molecular formula is C32H55N3O4. The number of rotatable bonds is 15. The second-order valence-electron chi connectivity index (χ2n) is 12.3. The Balaban J connectivity index is 3.52. The Morgan fingerprint density at radius 1 is 0.872 bits per heavy atom. The molecule has 0 radical (unpaired) electrons. The first kappa shape index (κ1) is 34.5. The minimum atomic E-state index is -0.815. The van der Waals surface area contributed by atoms with Gasteiger partial charge in [-0.3, -0.25) is 9.59 Å². The normalized spacial score (nSPS) is 13.9. The van der Waals surface area contributed by atoms with E-state index in [1.165, 1.54) is 12.8 Å². The van der Waals surface area contributed by atoms with Crippen LogP contribution in [0.25, 0.3) is 0 Å². The number of amides is 3. The molecule has 0 saturated heterocycles. The van der Waals surface area contributed by atoms with Crippen LogP contribution in [0.15, 0.2) is 18.2 Å². The van der Waals surface area contributed by atoms with Gasteiger partial charge in [-0.05, 0) is 66.4 Å². The van der Waals surface area contributed by atoms with Gasteiger partial charge in [0.15, 0.2) is 0 Å². The quantitative estimate of drug-likeness (QED) is 0.232. The number of benzene rings is 1. The Labute approximate surface area is 237 Å². The fourth-order valence-corrected chi connectivity index (χ4v) is 4.73. The molecule has 0 aliphatic rings. The van der Waals surface area contributed by atoms with Crippen LogP contribution in [0.4, 0.5) is 4.79 Å². The average molecular weight is 546 g/mol. The molecule has 0 spiro atoms. The van der Waals surface area contributed by atoms with E-state index in [0.717, 1.165) is 42.4 Å². The van der Waals surface area contributed by atoms with Gasteiger partial charge in [-0.15, -0.1) is 0 Å². The summed E-state index contributed by atoms with van der Waals surface area (Å²) >= 11 is 0. The second-order valence-corrected chi connectivity index (χ2v) is 12.3. The van der Waals surface area contributed by atoms with E-state index in [1.807, 2.05) is 53.7 Å². The zero-order valence-corrected chi connectivity index (χ0v) is 26.3. The lowest BCUT2D eigenvalue weighted by Crippen LogP contribution is -2.55. The molecule has 0 heterocycles. The lowest BCUT2D eigenvalue weighted by molar-refractivity contribution is -0.143. The Morgan fingerprint density at radius 2 is 1.44 bits per heavy atom. The first-order valence-corrected chi connectivity index (χ1v) is 14.9. The van der Waals surface area contributed by atoms with Crippen LogP contribution in [0, 0.1) is 19.8 Å². The van der Waals surface area contributed by atoms with E-state index in [2.05, 4.69) is 23.6 Å². The van der Waals surface area contributed by atoms with Crippen LogP contribution in [0.2, 0.25) is 0 Å². The SMILES string of the molecule is CCCCCCCCN(C(=O)C(NC(=O)OC(C)(C)C)C(C)CC)C(C(=O)NC(C)C)c1cc(C)cc(C)c1. The number of hydrogen-bond donors (Lipinski definition) is 2. The maximum atomic E-state index is 14.4. The summed E-state index contributed by atoms with van der Waals surface area (Å²) in [4.78, 5) is 42.6. The van der Waals surface area contributed by atoms with E-state index in [4.69, 9.17) is 4.74 Å². The minimum absolute atomic E-state index is 0.0813. The molecule has 1 aromatic carbocycles. The lowest BCUT2D eigenvalue weighted by atomic mass is 9.94. The van der Waals surface area contributed by atoms with Gasteiger partial charge in [0.1, 0.15) is 17.7 Å². The monoisotopic (exact) mass is 545 g/mol. The smallest absolute Gasteiger partial charge is 0.408 e. The van der Waals surface area contributed by atoms with Crippen molar-refractivity contribution in [1.29, 1.82) is 0 Å². The molecule has 1 rings (SSSR count). The standard InChI is InChI=1S/C32H55N3O4/c1-11-13-14-15-16-17-18-35(30(37)27(25(7)12-2)34-31(38)39-32(8,9)10)28(29(36)33-22(3)4)26-20-23(5)19-24(6)21-26/h19-22,25,27-28H,11-18H2,1-10H3,(H,33,36)(H,34,38). The average Bonchev–Trinajstić information content (AvgIpc) is 2.80. The Kier molecular flexibility index (Phi) is 14.6. The van der Waals surface area contributed by atoms with Crippen LogP contribution in [0.1, 0.15) is 123 Å². The van der Waals surface area contributed by atoms with E-state index in [1.54, 1.807) is 25.7 Å². The zero-order valence-electron chi connectivity index (χ0n) is 26.3. The van der Waals surface area contributed by atoms with Gasteiger partial charge in [-0.1, -0.05) is 88.6 Å². The van der Waals surface area contributed by atoms with E-state index in [9.17, 15) is 14.4 Å². The summed E-state index contributed by atoms with van der Waals surface area (Å²) in [5.74, 6) is -0.619. The molecule has 0 aromatic heterocycles. The topological polar surface area (TPSA) is 87.7 Å². The van der Waals surface area contributed by atoms with Crippen LogP contribution in [0.5, 0.6) is 0 Å². The summed E-state index contributed by atoms with van der Waals surface area (Å²) in [6.07, 6.45) is 6.43. The van der Waals surface area contributed by atoms with Crippen molar-refractivity contribution in [3.05, 3.63) is 34.9 Å². The molecule has 7 heteroatoms. The highest BCUT2D eigenvalue weighted by Crippen LogP contribution is 2.27. The van der Waals surface area contributed by atoms with Crippen molar-refractivity contribution in [1.82, 2.24) is 15.5 Å². The predicted octanol–water partition coefficient (Wildman–Crippen LogP) is 7.00. The van der Waals surface area contributed by atoms with E-state index < -0.39 is 23.8 Å². The van der Waals surface area contributed by atoms with E-state index >= 15 is 0 Å². The van der Waals surface area contributed by atoms with Gasteiger partial charge >= 0.3 is 6.09 Å². The van der Waals surface area contributed by atoms with Gasteiger partial charge in [-0.2, -0.15) is 0 Å². The summed E-state index contributed by atoms with van der Waals surface area (Å²) in [6.45, 7) is 19.8. The first-order valence-electron chi connectivity index (χ1n) is 14.9. The molecule has 2 N–H and O–H groups in total. The number of ether oxygens (including phenoxy) is 1. The number of carbonyl (C=O) groups is 3. The van der Waals surface area contributed by atoms with Crippen molar-refractivity contribution in [3.8, 4) is 0 Å². The number of nitrogens with zero attached hydrogens (tertiary/aromatic N) is 1. The molecule has 3 amide bonds. The Morgan fingerprint density at radius 3 is 1.95 bits per heavy atom. The van der Waals surface area contributed by atoms with Crippen molar-refractivity contribution in [3.63, 3.8) is 0 Å². The van der Waals surface area contributed by atoms with Crippen molar-refractivity contribution in [2.24, 2.45) is 5.92 Å². The molecule has 0 bridgehead atoms. The lowest BCUT2D eigenvalue weighted by Gasteiger charge is -2.36. The van der Waals surface area contributed by atoms with Crippen molar-refractivity contribution >= 4 is 17.9 Å². The summed E-state index contributed by atoms with van der Waals surface area (Å²) in [6, 6.07) is 4.33. The number of aryl methyl sites for hydroxylation is 2. The minimum Gasteiger partial charge on any atom is -0.444 e. The van der Waals surface area contributed by atoms with Crippen molar-refractivity contribution < 1.29 is 19.1 Å². The third-order valence-corrected chi connectivity index (χ3v) is 6.74. The number of unbranched alkanes of at least 4 members (excludes halogenated alkanes) is 5. The first-order chi connectivity index (χ1) is 18.2. The predicted molar refractivity (Wildman–Crippen MR) is 160 cm³/mol. The number of carbonyl (C=O) groups excluding carboxylic acids is 3. The molecule has 3 atom stereocenters. The number of nitrogens with one attached hydrogen (secondary N) is 2. The highest BCUT2D eigenvalue weighted by Gasteiger charge is 2.38. The number of hydrogen-bond acceptors (Lipinski definition) is 4. The Bertz CT molecular complexity index is 902. The summed E-state index contributed by atoms with van der Waals surface area (Å²) < 4.78 is 5.51. The van der Waals surface area contributed by atoms with Gasteiger partial charge in [0.05, 0.1) is 0 Å². The summed E-state index contributed by atoms with van der Waals surface area (Å²) in [7, 11) is 0. The van der Waals surface area contributed by atoms with Crippen LogP contribution in [-0.2, 0) is 14.3 Å². The van der Waals surface area contributed by atoms with Crippen molar-refractivity contribution in [2.45, 2.75) is 138 Å². The summed E-state index contributed by atoms with van der Waals surface area (Å²) in [5, 5.41) is 5.89. The molecule has 222 valence electrons. The van der Waals surface area contributed by atoms with Crippen LogP contribution in [0.3, 0.4) is 0 Å². The maximum Gasteiger partial charge on any atom is 0.408 e.